The van der Waals surface area contributed by atoms with Gasteiger partial charge in [0.1, 0.15) is 0 Å². The van der Waals surface area contributed by atoms with Gasteiger partial charge in [0.2, 0.25) is 0 Å². The topological polar surface area (TPSA) is 35.5 Å². The van der Waals surface area contributed by atoms with Crippen molar-refractivity contribution in [3.05, 3.63) is 0 Å². The van der Waals surface area contributed by atoms with E-state index in [1.54, 1.807) is 0 Å². The second-order valence-corrected chi connectivity index (χ2v) is 7.46. The van der Waals surface area contributed by atoms with Gasteiger partial charge in [0, 0.05) is 26.2 Å². The Hall–Kier alpha value is -0.120. The third-order valence-electron chi connectivity index (χ3n) is 3.74. The lowest BCUT2D eigenvalue weighted by Gasteiger charge is -2.40. The SMILES string of the molecule is CC(C)CNCC(C)(C)CN1CCC(C)(O)CC1. The second-order valence-electron chi connectivity index (χ2n) is 7.46. The highest BCUT2D eigenvalue weighted by Gasteiger charge is 2.30. The Morgan fingerprint density at radius 2 is 1.83 bits per heavy atom. The zero-order valence-electron chi connectivity index (χ0n) is 12.9. The molecule has 0 radical (unpaired) electrons. The lowest BCUT2D eigenvalue weighted by atomic mass is 9.89. The largest absolute Gasteiger partial charge is 0.390 e. The van der Waals surface area contributed by atoms with Crippen LogP contribution >= 0.6 is 0 Å². The Bertz CT molecular complexity index is 239. The smallest absolute Gasteiger partial charge is 0.0644 e. The van der Waals surface area contributed by atoms with Gasteiger partial charge in [0.05, 0.1) is 5.60 Å². The monoisotopic (exact) mass is 256 g/mol. The number of nitrogens with zero attached hydrogens (tertiary/aromatic N) is 1. The van der Waals surface area contributed by atoms with Crippen molar-refractivity contribution in [3.8, 4) is 0 Å². The van der Waals surface area contributed by atoms with E-state index in [4.69, 9.17) is 0 Å². The Balaban J connectivity index is 2.28. The van der Waals surface area contributed by atoms with Gasteiger partial charge in [0.15, 0.2) is 0 Å². The van der Waals surface area contributed by atoms with E-state index >= 15 is 0 Å². The molecule has 0 bridgehead atoms. The molecule has 0 aromatic heterocycles. The lowest BCUT2D eigenvalue weighted by Crippen LogP contribution is -2.47. The van der Waals surface area contributed by atoms with Gasteiger partial charge in [-0.1, -0.05) is 27.7 Å². The van der Waals surface area contributed by atoms with E-state index in [1.807, 2.05) is 6.92 Å². The number of nitrogens with one attached hydrogen (secondary N) is 1. The van der Waals surface area contributed by atoms with Crippen LogP contribution in [0.15, 0.2) is 0 Å². The number of likely N-dealkylation sites (tertiary alicyclic amines) is 1. The molecule has 0 unspecified atom stereocenters. The van der Waals surface area contributed by atoms with Crippen LogP contribution in [0.25, 0.3) is 0 Å². The van der Waals surface area contributed by atoms with Gasteiger partial charge in [-0.3, -0.25) is 0 Å². The molecule has 0 aromatic rings. The standard InChI is InChI=1S/C15H32N2O/c1-13(2)10-16-11-14(3,4)12-17-8-6-15(5,18)7-9-17/h13,16,18H,6-12H2,1-5H3. The molecule has 1 aliphatic heterocycles. The van der Waals surface area contributed by atoms with Gasteiger partial charge in [-0.25, -0.2) is 0 Å². The van der Waals surface area contributed by atoms with Crippen molar-refractivity contribution in [1.82, 2.24) is 10.2 Å². The number of rotatable bonds is 6. The Labute approximate surface area is 113 Å². The normalized spacial score (nSPS) is 21.5. The zero-order valence-corrected chi connectivity index (χ0v) is 12.9. The minimum atomic E-state index is -0.434. The predicted molar refractivity (Wildman–Crippen MR) is 77.8 cm³/mol. The molecule has 108 valence electrons. The zero-order chi connectivity index (χ0) is 13.8. The van der Waals surface area contributed by atoms with Crippen molar-refractivity contribution in [3.63, 3.8) is 0 Å². The molecular formula is C15H32N2O. The van der Waals surface area contributed by atoms with Gasteiger partial charge < -0.3 is 15.3 Å². The summed E-state index contributed by atoms with van der Waals surface area (Å²) < 4.78 is 0. The van der Waals surface area contributed by atoms with Gasteiger partial charge in [-0.15, -0.1) is 0 Å². The van der Waals surface area contributed by atoms with E-state index in [0.29, 0.717) is 11.3 Å². The summed E-state index contributed by atoms with van der Waals surface area (Å²) in [5.41, 5.74) is -0.130. The Morgan fingerprint density at radius 1 is 1.28 bits per heavy atom. The number of hydrogen-bond acceptors (Lipinski definition) is 3. The summed E-state index contributed by atoms with van der Waals surface area (Å²) in [6.45, 7) is 16.4. The molecule has 3 nitrogen and oxygen atoms in total. The molecule has 0 amide bonds. The molecule has 3 heteroatoms. The highest BCUT2D eigenvalue weighted by Crippen LogP contribution is 2.24. The average Bonchev–Trinajstić information content (AvgIpc) is 2.20. The Morgan fingerprint density at radius 3 is 2.33 bits per heavy atom. The number of aliphatic hydroxyl groups is 1. The van der Waals surface area contributed by atoms with Crippen molar-refractivity contribution in [2.24, 2.45) is 11.3 Å². The first-order valence-corrected chi connectivity index (χ1v) is 7.36. The fourth-order valence-corrected chi connectivity index (χ4v) is 2.55. The summed E-state index contributed by atoms with van der Waals surface area (Å²) in [4.78, 5) is 2.50. The average molecular weight is 256 g/mol. The van der Waals surface area contributed by atoms with Crippen molar-refractivity contribution in [1.29, 1.82) is 0 Å². The maximum Gasteiger partial charge on any atom is 0.0644 e. The van der Waals surface area contributed by atoms with Crippen LogP contribution in [0.2, 0.25) is 0 Å². The van der Waals surface area contributed by atoms with E-state index in [2.05, 4.69) is 37.9 Å². The van der Waals surface area contributed by atoms with Gasteiger partial charge >= 0.3 is 0 Å². The summed E-state index contributed by atoms with van der Waals surface area (Å²) in [6.07, 6.45) is 1.81. The fourth-order valence-electron chi connectivity index (χ4n) is 2.55. The van der Waals surface area contributed by atoms with Crippen LogP contribution in [0, 0.1) is 11.3 Å². The third-order valence-corrected chi connectivity index (χ3v) is 3.74. The fraction of sp³-hybridized carbons (Fsp3) is 1.00. The molecule has 0 atom stereocenters. The number of hydrogen-bond donors (Lipinski definition) is 2. The van der Waals surface area contributed by atoms with Gasteiger partial charge in [0.25, 0.3) is 0 Å². The maximum atomic E-state index is 9.95. The van der Waals surface area contributed by atoms with Crippen LogP contribution in [-0.2, 0) is 0 Å². The maximum absolute atomic E-state index is 9.95. The molecule has 2 N–H and O–H groups in total. The van der Waals surface area contributed by atoms with Gasteiger partial charge in [-0.05, 0) is 37.6 Å². The Kier molecular flexibility index (Phi) is 5.63. The summed E-state index contributed by atoms with van der Waals surface area (Å²) in [5.74, 6) is 0.714. The number of piperidine rings is 1. The quantitative estimate of drug-likeness (QED) is 0.764. The summed E-state index contributed by atoms with van der Waals surface area (Å²) >= 11 is 0. The van der Waals surface area contributed by atoms with Crippen LogP contribution < -0.4 is 5.32 Å². The predicted octanol–water partition coefficient (Wildman–Crippen LogP) is 2.10. The first-order chi connectivity index (χ1) is 8.20. The minimum absolute atomic E-state index is 0.304. The van der Waals surface area contributed by atoms with Crippen molar-refractivity contribution in [2.45, 2.75) is 53.1 Å². The van der Waals surface area contributed by atoms with Crippen molar-refractivity contribution < 1.29 is 5.11 Å². The van der Waals surface area contributed by atoms with Crippen molar-refractivity contribution in [2.75, 3.05) is 32.7 Å². The van der Waals surface area contributed by atoms with Crippen LogP contribution in [0.5, 0.6) is 0 Å². The van der Waals surface area contributed by atoms with Gasteiger partial charge in [-0.2, -0.15) is 0 Å². The molecule has 1 heterocycles. The van der Waals surface area contributed by atoms with Crippen LogP contribution in [0.3, 0.4) is 0 Å². The third kappa shape index (κ3) is 6.17. The van der Waals surface area contributed by atoms with Crippen molar-refractivity contribution >= 4 is 0 Å². The molecular weight excluding hydrogens is 224 g/mol. The highest BCUT2D eigenvalue weighted by molar-refractivity contribution is 4.85. The molecule has 0 aromatic carbocycles. The highest BCUT2D eigenvalue weighted by atomic mass is 16.3. The van der Waals surface area contributed by atoms with E-state index < -0.39 is 5.60 Å². The molecule has 18 heavy (non-hydrogen) atoms. The molecule has 1 aliphatic rings. The van der Waals surface area contributed by atoms with E-state index in [0.717, 1.165) is 45.6 Å². The summed E-state index contributed by atoms with van der Waals surface area (Å²) in [5, 5.41) is 13.5. The molecule has 0 spiro atoms. The molecule has 1 rings (SSSR count). The minimum Gasteiger partial charge on any atom is -0.390 e. The molecule has 1 fully saturated rings. The van der Waals surface area contributed by atoms with E-state index in [1.165, 1.54) is 0 Å². The van der Waals surface area contributed by atoms with Crippen LogP contribution in [-0.4, -0.2) is 48.3 Å². The first-order valence-electron chi connectivity index (χ1n) is 7.36. The molecule has 0 saturated carbocycles. The molecule has 0 aliphatic carbocycles. The summed E-state index contributed by atoms with van der Waals surface area (Å²) in [6, 6.07) is 0. The first kappa shape index (κ1) is 15.9. The van der Waals surface area contributed by atoms with Crippen LogP contribution in [0.4, 0.5) is 0 Å². The second kappa shape index (κ2) is 6.36. The van der Waals surface area contributed by atoms with E-state index in [-0.39, 0.29) is 0 Å². The lowest BCUT2D eigenvalue weighted by molar-refractivity contribution is -0.0133. The summed E-state index contributed by atoms with van der Waals surface area (Å²) in [7, 11) is 0. The van der Waals surface area contributed by atoms with Crippen LogP contribution in [0.1, 0.15) is 47.5 Å². The molecule has 1 saturated heterocycles. The van der Waals surface area contributed by atoms with E-state index in [9.17, 15) is 5.11 Å².